The van der Waals surface area contributed by atoms with Gasteiger partial charge in [0.2, 0.25) is 0 Å². The second kappa shape index (κ2) is 4.13. The van der Waals surface area contributed by atoms with Gasteiger partial charge in [0, 0.05) is 22.7 Å². The molecule has 3 nitrogen and oxygen atoms in total. The largest absolute Gasteiger partial charge is 0.492 e. The van der Waals surface area contributed by atoms with E-state index < -0.39 is 0 Å². The van der Waals surface area contributed by atoms with Crippen molar-refractivity contribution in [1.82, 2.24) is 4.98 Å². The van der Waals surface area contributed by atoms with Crippen LogP contribution in [0, 0.1) is 0 Å². The van der Waals surface area contributed by atoms with Gasteiger partial charge in [-0.2, -0.15) is 0 Å². The van der Waals surface area contributed by atoms with Crippen molar-refractivity contribution in [1.29, 1.82) is 0 Å². The number of nitrogens with two attached hydrogens (primary N) is 1. The molecule has 0 amide bonds. The minimum absolute atomic E-state index is 0.0545. The first-order chi connectivity index (χ1) is 8.25. The van der Waals surface area contributed by atoms with Crippen molar-refractivity contribution in [2.24, 2.45) is 5.73 Å². The molecule has 2 N–H and O–H groups in total. The number of benzene rings is 1. The number of thiazole rings is 1. The smallest absolute Gasteiger partial charge is 0.123 e. The lowest BCUT2D eigenvalue weighted by Gasteiger charge is -2.04. The minimum atomic E-state index is 0.0545. The molecule has 0 spiro atoms. The van der Waals surface area contributed by atoms with E-state index in [0.29, 0.717) is 6.61 Å². The molecule has 0 bridgehead atoms. The Labute approximate surface area is 104 Å². The van der Waals surface area contributed by atoms with Gasteiger partial charge >= 0.3 is 0 Å². The molecule has 0 aliphatic carbocycles. The topological polar surface area (TPSA) is 48.1 Å². The lowest BCUT2D eigenvalue weighted by molar-refractivity contribution is 0.343. The maximum Gasteiger partial charge on any atom is 0.123 e. The molecule has 4 heteroatoms. The third-order valence-corrected chi connectivity index (χ3v) is 4.30. The Morgan fingerprint density at radius 2 is 2.29 bits per heavy atom. The van der Waals surface area contributed by atoms with Gasteiger partial charge in [0.15, 0.2) is 0 Å². The van der Waals surface area contributed by atoms with Crippen LogP contribution in [0.1, 0.15) is 34.3 Å². The number of fused-ring (bicyclic) bond motifs is 1. The molecule has 2 aromatic rings. The number of rotatable bonds is 2. The number of ether oxygens (including phenoxy) is 1. The van der Waals surface area contributed by atoms with E-state index >= 15 is 0 Å². The van der Waals surface area contributed by atoms with Gasteiger partial charge in [-0.15, -0.1) is 11.3 Å². The van der Waals surface area contributed by atoms with Gasteiger partial charge in [-0.1, -0.05) is 18.2 Å². The third-order valence-electron chi connectivity index (χ3n) is 2.99. The lowest BCUT2D eigenvalue weighted by atomic mass is 10.0. The highest BCUT2D eigenvalue weighted by Gasteiger charge is 2.27. The van der Waals surface area contributed by atoms with Gasteiger partial charge in [0.05, 0.1) is 5.92 Å². The molecular weight excluding hydrogens is 232 g/mol. The second-order valence-corrected chi connectivity index (χ2v) is 5.38. The molecule has 1 aromatic heterocycles. The number of para-hydroxylation sites is 1. The Kier molecular flexibility index (Phi) is 2.61. The quantitative estimate of drug-likeness (QED) is 0.886. The zero-order valence-electron chi connectivity index (χ0n) is 9.59. The van der Waals surface area contributed by atoms with E-state index in [4.69, 9.17) is 10.5 Å². The van der Waals surface area contributed by atoms with E-state index in [2.05, 4.69) is 11.1 Å². The van der Waals surface area contributed by atoms with Gasteiger partial charge in [-0.25, -0.2) is 4.98 Å². The normalized spacial score (nSPS) is 19.8. The average molecular weight is 246 g/mol. The van der Waals surface area contributed by atoms with E-state index in [1.165, 1.54) is 5.56 Å². The van der Waals surface area contributed by atoms with Crippen LogP contribution in [0.5, 0.6) is 5.75 Å². The Bertz CT molecular complexity index is 536. The summed E-state index contributed by atoms with van der Waals surface area (Å²) in [4.78, 5) is 5.61. The molecule has 2 atom stereocenters. The average Bonchev–Trinajstić information content (AvgIpc) is 2.95. The van der Waals surface area contributed by atoms with Crippen LogP contribution in [-0.2, 0) is 0 Å². The molecule has 88 valence electrons. The fourth-order valence-corrected chi connectivity index (χ4v) is 3.01. The molecule has 1 aliphatic heterocycles. The van der Waals surface area contributed by atoms with Crippen molar-refractivity contribution in [2.75, 3.05) is 6.61 Å². The van der Waals surface area contributed by atoms with Crippen molar-refractivity contribution in [3.63, 3.8) is 0 Å². The molecule has 0 saturated heterocycles. The summed E-state index contributed by atoms with van der Waals surface area (Å²) in [5.41, 5.74) is 7.09. The summed E-state index contributed by atoms with van der Waals surface area (Å²) in [7, 11) is 0. The molecule has 3 rings (SSSR count). The standard InChI is InChI=1S/C13H14N2OS/c1-8(14)12-6-15-13(17-12)10-7-16-11-5-3-2-4-9(10)11/h2-6,8,10H,7,14H2,1H3. The highest BCUT2D eigenvalue weighted by molar-refractivity contribution is 7.11. The van der Waals surface area contributed by atoms with E-state index in [9.17, 15) is 0 Å². The summed E-state index contributed by atoms with van der Waals surface area (Å²) in [5, 5.41) is 1.10. The summed E-state index contributed by atoms with van der Waals surface area (Å²) in [6.45, 7) is 2.67. The van der Waals surface area contributed by atoms with Crippen LogP contribution in [0.25, 0.3) is 0 Å². The Balaban J connectivity index is 1.95. The molecule has 0 radical (unpaired) electrons. The van der Waals surface area contributed by atoms with E-state index in [0.717, 1.165) is 15.6 Å². The SMILES string of the molecule is CC(N)c1cnc(C2COc3ccccc32)s1. The van der Waals surface area contributed by atoms with Crippen LogP contribution in [0.3, 0.4) is 0 Å². The van der Waals surface area contributed by atoms with Crippen LogP contribution in [0.2, 0.25) is 0 Å². The predicted octanol–water partition coefficient (Wildman–Crippen LogP) is 2.69. The van der Waals surface area contributed by atoms with Crippen molar-refractivity contribution >= 4 is 11.3 Å². The van der Waals surface area contributed by atoms with Gasteiger partial charge in [-0.05, 0) is 13.0 Å². The van der Waals surface area contributed by atoms with Gasteiger partial charge in [-0.3, -0.25) is 0 Å². The molecule has 2 heterocycles. The van der Waals surface area contributed by atoms with E-state index in [1.807, 2.05) is 31.3 Å². The van der Waals surface area contributed by atoms with Crippen LogP contribution in [-0.4, -0.2) is 11.6 Å². The zero-order chi connectivity index (χ0) is 11.8. The number of hydrogen-bond donors (Lipinski definition) is 1. The van der Waals surface area contributed by atoms with Gasteiger partial charge < -0.3 is 10.5 Å². The fourth-order valence-electron chi connectivity index (χ4n) is 2.04. The highest BCUT2D eigenvalue weighted by atomic mass is 32.1. The van der Waals surface area contributed by atoms with Crippen LogP contribution < -0.4 is 10.5 Å². The van der Waals surface area contributed by atoms with Crippen LogP contribution in [0.15, 0.2) is 30.5 Å². The van der Waals surface area contributed by atoms with E-state index in [1.54, 1.807) is 11.3 Å². The predicted molar refractivity (Wildman–Crippen MR) is 68.5 cm³/mol. The Morgan fingerprint density at radius 3 is 3.06 bits per heavy atom. The second-order valence-electron chi connectivity index (χ2n) is 4.29. The van der Waals surface area contributed by atoms with E-state index in [-0.39, 0.29) is 12.0 Å². The summed E-state index contributed by atoms with van der Waals surface area (Å²) in [6, 6.07) is 8.21. The maximum atomic E-state index is 5.86. The molecule has 1 aromatic carbocycles. The first-order valence-corrected chi connectivity index (χ1v) is 6.50. The third kappa shape index (κ3) is 1.83. The first kappa shape index (κ1) is 10.7. The lowest BCUT2D eigenvalue weighted by Crippen LogP contribution is -2.02. The summed E-state index contributed by atoms with van der Waals surface area (Å²) < 4.78 is 5.67. The molecule has 17 heavy (non-hydrogen) atoms. The van der Waals surface area contributed by atoms with Crippen LogP contribution >= 0.6 is 11.3 Å². The van der Waals surface area contributed by atoms with Crippen LogP contribution in [0.4, 0.5) is 0 Å². The van der Waals surface area contributed by atoms with Crippen molar-refractivity contribution in [2.45, 2.75) is 18.9 Å². The number of nitrogens with zero attached hydrogens (tertiary/aromatic N) is 1. The van der Waals surface area contributed by atoms with Crippen molar-refractivity contribution in [3.05, 3.63) is 45.9 Å². The fraction of sp³-hybridized carbons (Fsp3) is 0.308. The zero-order valence-corrected chi connectivity index (χ0v) is 10.4. The summed E-state index contributed by atoms with van der Waals surface area (Å²) >= 11 is 1.69. The first-order valence-electron chi connectivity index (χ1n) is 5.68. The monoisotopic (exact) mass is 246 g/mol. The maximum absolute atomic E-state index is 5.86. The Morgan fingerprint density at radius 1 is 1.47 bits per heavy atom. The number of hydrogen-bond acceptors (Lipinski definition) is 4. The van der Waals surface area contributed by atoms with Crippen molar-refractivity contribution in [3.8, 4) is 5.75 Å². The molecule has 2 unspecified atom stereocenters. The Hall–Kier alpha value is -1.39. The summed E-state index contributed by atoms with van der Waals surface area (Å²) in [5.74, 6) is 1.25. The summed E-state index contributed by atoms with van der Waals surface area (Å²) in [6.07, 6.45) is 1.88. The van der Waals surface area contributed by atoms with Gasteiger partial charge in [0.1, 0.15) is 17.4 Å². The van der Waals surface area contributed by atoms with Gasteiger partial charge in [0.25, 0.3) is 0 Å². The molecule has 1 aliphatic rings. The highest BCUT2D eigenvalue weighted by Crippen LogP contribution is 2.39. The number of aromatic nitrogens is 1. The molecule has 0 saturated carbocycles. The van der Waals surface area contributed by atoms with Crippen molar-refractivity contribution < 1.29 is 4.74 Å². The minimum Gasteiger partial charge on any atom is -0.492 e. The molecular formula is C13H14N2OS. The molecule has 0 fully saturated rings.